The number of benzene rings is 1. The van der Waals surface area contributed by atoms with Crippen LogP contribution in [0.3, 0.4) is 0 Å². The van der Waals surface area contributed by atoms with Gasteiger partial charge in [0.15, 0.2) is 17.1 Å². The maximum atomic E-state index is 11.8. The molecular weight excluding hydrogens is 405 g/mol. The summed E-state index contributed by atoms with van der Waals surface area (Å²) in [5.74, 6) is -0.656. The highest BCUT2D eigenvalue weighted by Crippen LogP contribution is 2.40. The van der Waals surface area contributed by atoms with Crippen LogP contribution in [0.15, 0.2) is 28.8 Å². The van der Waals surface area contributed by atoms with Crippen molar-refractivity contribution < 1.29 is 19.2 Å². The van der Waals surface area contributed by atoms with E-state index in [1.807, 2.05) is 0 Å². The quantitative estimate of drug-likeness (QED) is 0.669. The molecule has 2 aromatic rings. The molecule has 3 heterocycles. The second-order valence-electron chi connectivity index (χ2n) is 7.32. The fraction of sp³-hybridized carbons (Fsp3) is 0.474. The van der Waals surface area contributed by atoms with Gasteiger partial charge in [-0.1, -0.05) is 16.8 Å². The van der Waals surface area contributed by atoms with Crippen molar-refractivity contribution in [1.82, 2.24) is 10.5 Å². The second kappa shape index (κ2) is 8.69. The highest BCUT2D eigenvalue weighted by molar-refractivity contribution is 6.30. The smallest absolute Gasteiger partial charge is 0.343 e. The van der Waals surface area contributed by atoms with E-state index >= 15 is 0 Å². The van der Waals surface area contributed by atoms with Crippen LogP contribution >= 0.6 is 24.0 Å². The standard InChI is InChI=1S/C19H22ClN3O4.ClH/c20-13-3-1-12(2-4-13)16-15(18(24)25)17(23-27-16)22-10-14-9-19(11-26-14)5-7-21-8-6-19;/h1-4,14,21H,5-11H2,(H,22,23)(H,24,25);1H. The maximum Gasteiger partial charge on any atom is 0.343 e. The lowest BCUT2D eigenvalue weighted by molar-refractivity contribution is 0.0697. The van der Waals surface area contributed by atoms with Crippen LogP contribution in [0.25, 0.3) is 11.3 Å². The Kier molecular flexibility index (Phi) is 6.50. The molecule has 3 N–H and O–H groups in total. The summed E-state index contributed by atoms with van der Waals surface area (Å²) in [4.78, 5) is 11.8. The number of carbonyl (C=O) groups is 1. The minimum Gasteiger partial charge on any atom is -0.477 e. The number of anilines is 1. The van der Waals surface area contributed by atoms with Crippen LogP contribution in [0, 0.1) is 5.41 Å². The lowest BCUT2D eigenvalue weighted by Crippen LogP contribution is -2.37. The summed E-state index contributed by atoms with van der Waals surface area (Å²) < 4.78 is 11.3. The van der Waals surface area contributed by atoms with Crippen LogP contribution in [0.1, 0.15) is 29.6 Å². The zero-order valence-electron chi connectivity index (χ0n) is 15.2. The Bertz CT molecular complexity index is 819. The van der Waals surface area contributed by atoms with E-state index in [1.165, 1.54) is 0 Å². The predicted octanol–water partition coefficient (Wildman–Crippen LogP) is 3.69. The monoisotopic (exact) mass is 427 g/mol. The summed E-state index contributed by atoms with van der Waals surface area (Å²) >= 11 is 5.90. The summed E-state index contributed by atoms with van der Waals surface area (Å²) in [6, 6.07) is 6.78. The third-order valence-electron chi connectivity index (χ3n) is 5.46. The van der Waals surface area contributed by atoms with Crippen LogP contribution in [0.5, 0.6) is 0 Å². The van der Waals surface area contributed by atoms with Gasteiger partial charge in [-0.05, 0) is 62.0 Å². The Morgan fingerprint density at radius 2 is 2.04 bits per heavy atom. The zero-order chi connectivity index (χ0) is 18.9. The van der Waals surface area contributed by atoms with Gasteiger partial charge in [0.05, 0.1) is 12.7 Å². The molecule has 152 valence electrons. The highest BCUT2D eigenvalue weighted by Gasteiger charge is 2.40. The van der Waals surface area contributed by atoms with Gasteiger partial charge in [-0.15, -0.1) is 12.4 Å². The number of halogens is 2. The first kappa shape index (κ1) is 20.9. The first-order valence-corrected chi connectivity index (χ1v) is 9.49. The van der Waals surface area contributed by atoms with Crippen molar-refractivity contribution in [2.75, 3.05) is 31.6 Å². The first-order chi connectivity index (χ1) is 13.1. The van der Waals surface area contributed by atoms with Crippen molar-refractivity contribution in [2.45, 2.75) is 25.4 Å². The Morgan fingerprint density at radius 1 is 1.32 bits per heavy atom. The molecule has 2 aliphatic rings. The van der Waals surface area contributed by atoms with Gasteiger partial charge in [-0.2, -0.15) is 0 Å². The van der Waals surface area contributed by atoms with E-state index in [1.54, 1.807) is 24.3 Å². The van der Waals surface area contributed by atoms with Gasteiger partial charge in [0.1, 0.15) is 0 Å². The van der Waals surface area contributed by atoms with E-state index in [-0.39, 0.29) is 41.1 Å². The zero-order valence-corrected chi connectivity index (χ0v) is 16.8. The third kappa shape index (κ3) is 4.27. The number of nitrogens with one attached hydrogen (secondary N) is 2. The molecule has 1 aromatic carbocycles. The molecule has 1 aromatic heterocycles. The predicted molar refractivity (Wildman–Crippen MR) is 109 cm³/mol. The number of nitrogens with zero attached hydrogens (tertiary/aromatic N) is 1. The number of ether oxygens (including phenoxy) is 1. The van der Waals surface area contributed by atoms with E-state index in [9.17, 15) is 9.90 Å². The molecule has 1 unspecified atom stereocenters. The number of hydrogen-bond donors (Lipinski definition) is 3. The van der Waals surface area contributed by atoms with Crippen molar-refractivity contribution in [2.24, 2.45) is 5.41 Å². The summed E-state index contributed by atoms with van der Waals surface area (Å²) in [6.07, 6.45) is 3.26. The maximum absolute atomic E-state index is 11.8. The molecule has 0 saturated carbocycles. The molecule has 2 fully saturated rings. The molecule has 28 heavy (non-hydrogen) atoms. The van der Waals surface area contributed by atoms with Gasteiger partial charge in [-0.25, -0.2) is 4.79 Å². The molecule has 0 radical (unpaired) electrons. The molecular formula is C19H23Cl2N3O4. The topological polar surface area (TPSA) is 96.6 Å². The number of carboxylic acid groups (broad SMARTS) is 1. The minimum absolute atomic E-state index is 0. The van der Waals surface area contributed by atoms with E-state index in [4.69, 9.17) is 20.9 Å². The lowest BCUT2D eigenvalue weighted by Gasteiger charge is -2.32. The summed E-state index contributed by atoms with van der Waals surface area (Å²) in [5, 5.41) is 20.6. The Labute approximate surface area is 174 Å². The number of aromatic carboxylic acids is 1. The van der Waals surface area contributed by atoms with Gasteiger partial charge in [-0.3, -0.25) is 0 Å². The van der Waals surface area contributed by atoms with E-state index in [2.05, 4.69) is 15.8 Å². The molecule has 0 bridgehead atoms. The molecule has 1 atom stereocenters. The van der Waals surface area contributed by atoms with Crippen molar-refractivity contribution in [3.8, 4) is 11.3 Å². The number of piperidine rings is 1. The van der Waals surface area contributed by atoms with Crippen LogP contribution in [-0.4, -0.2) is 48.6 Å². The van der Waals surface area contributed by atoms with E-state index < -0.39 is 5.97 Å². The van der Waals surface area contributed by atoms with Crippen molar-refractivity contribution >= 4 is 35.8 Å². The number of aromatic nitrogens is 1. The number of rotatable bonds is 5. The van der Waals surface area contributed by atoms with Crippen LogP contribution in [-0.2, 0) is 4.74 Å². The lowest BCUT2D eigenvalue weighted by atomic mass is 9.77. The van der Waals surface area contributed by atoms with Crippen molar-refractivity contribution in [1.29, 1.82) is 0 Å². The summed E-state index contributed by atoms with van der Waals surface area (Å²) in [5.41, 5.74) is 0.890. The van der Waals surface area contributed by atoms with Gasteiger partial charge >= 0.3 is 5.97 Å². The average molecular weight is 428 g/mol. The van der Waals surface area contributed by atoms with Gasteiger partial charge < -0.3 is 25.0 Å². The molecule has 2 saturated heterocycles. The third-order valence-corrected chi connectivity index (χ3v) is 5.71. The highest BCUT2D eigenvalue weighted by atomic mass is 35.5. The van der Waals surface area contributed by atoms with Crippen LogP contribution < -0.4 is 10.6 Å². The Morgan fingerprint density at radius 3 is 2.71 bits per heavy atom. The Hall–Kier alpha value is -1.80. The number of hydrogen-bond acceptors (Lipinski definition) is 6. The van der Waals surface area contributed by atoms with Gasteiger partial charge in [0.25, 0.3) is 0 Å². The van der Waals surface area contributed by atoms with Crippen molar-refractivity contribution in [3.63, 3.8) is 0 Å². The molecule has 1 spiro atoms. The second-order valence-corrected chi connectivity index (χ2v) is 7.75. The minimum atomic E-state index is -1.09. The van der Waals surface area contributed by atoms with Gasteiger partial charge in [0, 0.05) is 17.1 Å². The fourth-order valence-electron chi connectivity index (χ4n) is 3.95. The van der Waals surface area contributed by atoms with E-state index in [0.29, 0.717) is 17.1 Å². The molecule has 7 nitrogen and oxygen atoms in total. The summed E-state index contributed by atoms with van der Waals surface area (Å²) in [6.45, 7) is 3.32. The normalized spacial score (nSPS) is 20.7. The molecule has 2 aliphatic heterocycles. The number of carboxylic acids is 1. The largest absolute Gasteiger partial charge is 0.477 e. The molecule has 0 amide bonds. The first-order valence-electron chi connectivity index (χ1n) is 9.11. The summed E-state index contributed by atoms with van der Waals surface area (Å²) in [7, 11) is 0. The fourth-order valence-corrected chi connectivity index (χ4v) is 4.08. The van der Waals surface area contributed by atoms with Crippen molar-refractivity contribution in [3.05, 3.63) is 34.9 Å². The van der Waals surface area contributed by atoms with Crippen LogP contribution in [0.4, 0.5) is 5.82 Å². The molecule has 9 heteroatoms. The molecule has 4 rings (SSSR count). The SMILES string of the molecule is Cl.O=C(O)c1c(NCC2CC3(CCNCC3)CO2)noc1-c1ccc(Cl)cc1. The van der Waals surface area contributed by atoms with Crippen LogP contribution in [0.2, 0.25) is 5.02 Å². The average Bonchev–Trinajstić information content (AvgIpc) is 3.26. The van der Waals surface area contributed by atoms with E-state index in [0.717, 1.165) is 39.0 Å². The van der Waals surface area contributed by atoms with Gasteiger partial charge in [0.2, 0.25) is 0 Å². The Balaban J connectivity index is 0.00000225. The molecule has 0 aliphatic carbocycles.